The quantitative estimate of drug-likeness (QED) is 0.512. The molecule has 0 amide bonds. The number of Topliss-reactive ketones (excluding diaryl/α,β-unsaturated/α-hetero) is 5. The molecule has 3 unspecified atom stereocenters. The van der Waals surface area contributed by atoms with Gasteiger partial charge in [-0.25, -0.2) is 0 Å². The fraction of sp³-hybridized carbons (Fsp3) is 0.500. The van der Waals surface area contributed by atoms with Crippen molar-refractivity contribution >= 4 is 28.9 Å². The van der Waals surface area contributed by atoms with Gasteiger partial charge in [0, 0.05) is 16.9 Å². The normalized spacial score (nSPS) is 33.1. The summed E-state index contributed by atoms with van der Waals surface area (Å²) >= 11 is 0. The third-order valence-corrected chi connectivity index (χ3v) is 10.1. The molecule has 0 heterocycles. The Bertz CT molecular complexity index is 1520. The maximum Gasteiger partial charge on any atom is 0.190 e. The second-order valence-electron chi connectivity index (χ2n) is 13.6. The number of carbonyl (C=O) groups is 5. The summed E-state index contributed by atoms with van der Waals surface area (Å²) in [6.45, 7) is 12.1. The third kappa shape index (κ3) is 3.70. The number of hydrogen-bond acceptors (Lipinski definition) is 7. The van der Waals surface area contributed by atoms with E-state index in [1.807, 2.05) is 50.2 Å². The van der Waals surface area contributed by atoms with Crippen molar-refractivity contribution in [2.24, 2.45) is 34.5 Å². The monoisotopic (exact) mass is 558 g/mol. The molecule has 2 fully saturated rings. The number of carbonyl (C=O) groups excluding carboxylic acids is 5. The first kappa shape index (κ1) is 29.1. The van der Waals surface area contributed by atoms with Crippen LogP contribution in [0.25, 0.3) is 11.1 Å². The van der Waals surface area contributed by atoms with Crippen molar-refractivity contribution in [2.45, 2.75) is 72.8 Å². The highest BCUT2D eigenvalue weighted by Gasteiger charge is 2.76. The Labute approximate surface area is 240 Å². The molecule has 0 saturated heterocycles. The van der Waals surface area contributed by atoms with Gasteiger partial charge >= 0.3 is 0 Å². The number of rotatable bonds is 4. The lowest BCUT2D eigenvalue weighted by Crippen LogP contribution is -2.76. The van der Waals surface area contributed by atoms with Crippen LogP contribution in [-0.4, -0.2) is 44.7 Å². The van der Waals surface area contributed by atoms with E-state index >= 15 is 0 Å². The highest BCUT2D eigenvalue weighted by Crippen LogP contribution is 2.64. The molecule has 0 spiro atoms. The van der Waals surface area contributed by atoms with Gasteiger partial charge in [0.25, 0.3) is 0 Å². The van der Waals surface area contributed by atoms with Crippen molar-refractivity contribution in [1.29, 1.82) is 0 Å². The Morgan fingerprint density at radius 2 is 1.59 bits per heavy atom. The molecule has 0 aromatic heterocycles. The molecule has 0 aliphatic heterocycles. The van der Waals surface area contributed by atoms with Gasteiger partial charge in [-0.3, -0.25) is 24.0 Å². The summed E-state index contributed by atoms with van der Waals surface area (Å²) in [4.78, 5) is 68.9. The highest BCUT2D eigenvalue weighted by atomic mass is 16.3. The molecule has 5 rings (SSSR count). The van der Waals surface area contributed by atoms with Crippen molar-refractivity contribution in [1.82, 2.24) is 0 Å². The van der Waals surface area contributed by atoms with Gasteiger partial charge in [-0.05, 0) is 59.8 Å². The molecule has 0 bridgehead atoms. The van der Waals surface area contributed by atoms with Crippen LogP contribution in [-0.2, 0) is 25.6 Å². The first-order valence-electron chi connectivity index (χ1n) is 14.4. The smallest absolute Gasteiger partial charge is 0.190 e. The van der Waals surface area contributed by atoms with Crippen LogP contribution in [0.2, 0.25) is 0 Å². The standard InChI is InChI=1S/C34H38O7/c1-16(2)20-13-21(19-11-9-8-10-12-19)27(36)24-22(20)14-32(6)15-33(7)25(17(3)4)28(37)23(18(5)35)30(39)34(33,41)31(40)26(32)29(24)38/h8-13,16-17,23,25-26,36,41H,14-15H2,1-7H3/t23?,25?,26?,32-,33-,34+/m1/s1. The van der Waals surface area contributed by atoms with Crippen LogP contribution in [0.5, 0.6) is 5.75 Å². The predicted molar refractivity (Wildman–Crippen MR) is 152 cm³/mol. The topological polar surface area (TPSA) is 126 Å². The number of hydrogen-bond donors (Lipinski definition) is 2. The molecule has 216 valence electrons. The zero-order valence-corrected chi connectivity index (χ0v) is 24.7. The summed E-state index contributed by atoms with van der Waals surface area (Å²) in [5.41, 5.74) is -2.52. The average molecular weight is 559 g/mol. The van der Waals surface area contributed by atoms with E-state index in [1.54, 1.807) is 27.7 Å². The van der Waals surface area contributed by atoms with Gasteiger partial charge < -0.3 is 10.2 Å². The molecule has 41 heavy (non-hydrogen) atoms. The van der Waals surface area contributed by atoms with Crippen LogP contribution < -0.4 is 0 Å². The second-order valence-corrected chi connectivity index (χ2v) is 13.6. The second kappa shape index (κ2) is 9.28. The van der Waals surface area contributed by atoms with Crippen LogP contribution in [0.1, 0.15) is 82.3 Å². The summed E-state index contributed by atoms with van der Waals surface area (Å²) < 4.78 is 0. The largest absolute Gasteiger partial charge is 0.507 e. The molecule has 2 N–H and O–H groups in total. The van der Waals surface area contributed by atoms with E-state index in [9.17, 15) is 34.2 Å². The number of ketones is 5. The minimum atomic E-state index is -2.70. The van der Waals surface area contributed by atoms with Crippen molar-refractivity contribution < 1.29 is 34.2 Å². The van der Waals surface area contributed by atoms with Gasteiger partial charge in [0.15, 0.2) is 28.7 Å². The van der Waals surface area contributed by atoms with Crippen LogP contribution in [0.4, 0.5) is 0 Å². The zero-order valence-electron chi connectivity index (χ0n) is 24.7. The van der Waals surface area contributed by atoms with E-state index in [1.165, 1.54) is 0 Å². The summed E-state index contributed by atoms with van der Waals surface area (Å²) in [6.07, 6.45) is 0.289. The average Bonchev–Trinajstić information content (AvgIpc) is 2.86. The first-order chi connectivity index (χ1) is 19.0. The van der Waals surface area contributed by atoms with Gasteiger partial charge in [-0.1, -0.05) is 71.9 Å². The third-order valence-electron chi connectivity index (χ3n) is 10.1. The van der Waals surface area contributed by atoms with E-state index in [4.69, 9.17) is 0 Å². The molecule has 2 aromatic carbocycles. The number of fused-ring (bicyclic) bond motifs is 3. The molecule has 3 aliphatic carbocycles. The molecule has 0 radical (unpaired) electrons. The minimum Gasteiger partial charge on any atom is -0.507 e. The minimum absolute atomic E-state index is 0.0100. The van der Waals surface area contributed by atoms with Gasteiger partial charge in [-0.2, -0.15) is 0 Å². The Balaban J connectivity index is 1.77. The summed E-state index contributed by atoms with van der Waals surface area (Å²) in [5, 5.41) is 23.7. The van der Waals surface area contributed by atoms with Gasteiger partial charge in [-0.15, -0.1) is 0 Å². The van der Waals surface area contributed by atoms with Crippen molar-refractivity contribution in [2.75, 3.05) is 0 Å². The molecular weight excluding hydrogens is 520 g/mol. The maximum atomic E-state index is 14.5. The number of phenolic OH excluding ortho intramolecular Hbond substituents is 1. The molecule has 2 saturated carbocycles. The zero-order chi connectivity index (χ0) is 30.4. The molecule has 7 nitrogen and oxygen atoms in total. The van der Waals surface area contributed by atoms with Crippen LogP contribution in [0.15, 0.2) is 36.4 Å². The fourth-order valence-electron chi connectivity index (χ4n) is 8.58. The molecular formula is C34H38O7. The van der Waals surface area contributed by atoms with Crippen LogP contribution in [0.3, 0.4) is 0 Å². The first-order valence-corrected chi connectivity index (χ1v) is 14.4. The SMILES string of the molecule is CC(=O)C1C(=O)C(C(C)C)[C@@]2(C)C[C@@]3(C)Cc4c(C(C)C)cc(-c5ccccc5)c(O)c4C(=O)C3C(=O)[C@@]2(O)C1=O. The fourth-order valence-corrected chi connectivity index (χ4v) is 8.58. The summed E-state index contributed by atoms with van der Waals surface area (Å²) in [5.74, 6) is -8.81. The van der Waals surface area contributed by atoms with Crippen molar-refractivity contribution in [3.8, 4) is 16.9 Å². The van der Waals surface area contributed by atoms with Gasteiger partial charge in [0.05, 0.1) is 11.5 Å². The van der Waals surface area contributed by atoms with Crippen molar-refractivity contribution in [3.05, 3.63) is 53.1 Å². The lowest BCUT2D eigenvalue weighted by atomic mass is 9.39. The molecule has 3 aliphatic rings. The summed E-state index contributed by atoms with van der Waals surface area (Å²) in [6, 6.07) is 11.1. The highest BCUT2D eigenvalue weighted by molar-refractivity contribution is 6.32. The van der Waals surface area contributed by atoms with E-state index in [0.29, 0.717) is 16.7 Å². The lowest BCUT2D eigenvalue weighted by Gasteiger charge is -2.62. The van der Waals surface area contributed by atoms with E-state index in [-0.39, 0.29) is 36.0 Å². The van der Waals surface area contributed by atoms with E-state index in [2.05, 4.69) is 0 Å². The Kier molecular flexibility index (Phi) is 6.58. The van der Waals surface area contributed by atoms with Gasteiger partial charge in [0.2, 0.25) is 0 Å². The maximum absolute atomic E-state index is 14.5. The number of aromatic hydroxyl groups is 1. The van der Waals surface area contributed by atoms with Crippen molar-refractivity contribution in [3.63, 3.8) is 0 Å². The lowest BCUT2D eigenvalue weighted by molar-refractivity contribution is -0.205. The van der Waals surface area contributed by atoms with E-state index < -0.39 is 63.1 Å². The molecule has 7 heteroatoms. The Hall–Kier alpha value is -3.45. The van der Waals surface area contributed by atoms with Gasteiger partial charge in [0.1, 0.15) is 17.5 Å². The summed E-state index contributed by atoms with van der Waals surface area (Å²) in [7, 11) is 0. The molecule has 2 aromatic rings. The Morgan fingerprint density at radius 1 is 0.976 bits per heavy atom. The molecule has 6 atom stereocenters. The van der Waals surface area contributed by atoms with Crippen LogP contribution >= 0.6 is 0 Å². The number of aliphatic hydroxyl groups is 1. The Morgan fingerprint density at radius 3 is 2.12 bits per heavy atom. The number of benzene rings is 2. The van der Waals surface area contributed by atoms with Crippen LogP contribution in [0, 0.1) is 34.5 Å². The number of phenols is 1. The predicted octanol–water partition coefficient (Wildman–Crippen LogP) is 4.88. The van der Waals surface area contributed by atoms with E-state index in [0.717, 1.165) is 12.5 Å².